The fraction of sp³-hybridized carbons (Fsp3) is 0.0484. The summed E-state index contributed by atoms with van der Waals surface area (Å²) in [5.74, 6) is 1.91. The molecule has 1 aliphatic rings. The van der Waals surface area contributed by atoms with Crippen LogP contribution in [0.25, 0.3) is 117 Å². The summed E-state index contributed by atoms with van der Waals surface area (Å²) >= 11 is 0. The zero-order valence-electron chi connectivity index (χ0n) is 36.6. The van der Waals surface area contributed by atoms with Crippen LogP contribution in [0, 0.1) is 0 Å². The topological polar surface area (TPSA) is 43.6 Å². The molecule has 12 aromatic rings. The Kier molecular flexibility index (Phi) is 8.53. The molecule has 0 aliphatic heterocycles. The van der Waals surface area contributed by atoms with Crippen LogP contribution >= 0.6 is 0 Å². The van der Waals surface area contributed by atoms with Crippen molar-refractivity contribution in [1.82, 2.24) is 19.5 Å². The van der Waals surface area contributed by atoms with Gasteiger partial charge in [-0.05, 0) is 115 Å². The normalized spacial score (nSPS) is 12.8. The van der Waals surface area contributed by atoms with Gasteiger partial charge >= 0.3 is 0 Å². The van der Waals surface area contributed by atoms with Gasteiger partial charge in [-0.2, -0.15) is 0 Å². The van der Waals surface area contributed by atoms with Crippen LogP contribution in [0.1, 0.15) is 25.0 Å². The summed E-state index contributed by atoms with van der Waals surface area (Å²) < 4.78 is 2.42. The Morgan fingerprint density at radius 1 is 0.333 bits per heavy atom. The fourth-order valence-electron chi connectivity index (χ4n) is 10.4. The lowest BCUT2D eigenvalue weighted by atomic mass is 9.81. The molecular formula is C62H42N4. The second kappa shape index (κ2) is 14.8. The number of nitrogens with zero attached hydrogens (tertiary/aromatic N) is 4. The van der Waals surface area contributed by atoms with Gasteiger partial charge in [-0.1, -0.05) is 178 Å². The predicted octanol–water partition coefficient (Wildman–Crippen LogP) is 15.9. The smallest absolute Gasteiger partial charge is 0.164 e. The Bertz CT molecular complexity index is 3820. The maximum absolute atomic E-state index is 5.16. The second-order valence-corrected chi connectivity index (χ2v) is 18.0. The number of aromatic nitrogens is 4. The first-order valence-corrected chi connectivity index (χ1v) is 22.7. The minimum atomic E-state index is -0.0653. The average Bonchev–Trinajstić information content (AvgIpc) is 3.84. The van der Waals surface area contributed by atoms with E-state index in [0.29, 0.717) is 17.5 Å². The number of para-hydroxylation sites is 2. The maximum atomic E-state index is 5.16. The first-order valence-electron chi connectivity index (χ1n) is 22.7. The lowest BCUT2D eigenvalue weighted by Crippen LogP contribution is -2.14. The Balaban J connectivity index is 0.926. The predicted molar refractivity (Wildman–Crippen MR) is 274 cm³/mol. The molecule has 66 heavy (non-hydrogen) atoms. The number of hydrogen-bond donors (Lipinski definition) is 0. The molecule has 0 bridgehead atoms. The maximum Gasteiger partial charge on any atom is 0.164 e. The Hall–Kier alpha value is -8.47. The van der Waals surface area contributed by atoms with E-state index in [1.165, 1.54) is 71.6 Å². The fourth-order valence-corrected chi connectivity index (χ4v) is 10.4. The molecule has 4 heteroatoms. The van der Waals surface area contributed by atoms with E-state index < -0.39 is 0 Å². The van der Waals surface area contributed by atoms with Crippen molar-refractivity contribution in [2.45, 2.75) is 19.3 Å². The van der Waals surface area contributed by atoms with E-state index in [2.05, 4.69) is 237 Å². The van der Waals surface area contributed by atoms with Crippen LogP contribution in [-0.4, -0.2) is 19.5 Å². The van der Waals surface area contributed by atoms with Gasteiger partial charge < -0.3 is 4.57 Å². The SMILES string of the molecule is CC1(C)c2ccccc2-c2ccc(-c3cccc(-c4cccc5c6ccccc6n(-c6ccc(-c7nc(-c8ccc9ccccc9c8)nc(-c8ccc9ccccc9c8)n7)cc6)c45)c3)cc21. The molecule has 310 valence electrons. The highest BCUT2D eigenvalue weighted by atomic mass is 15.0. The molecule has 0 atom stereocenters. The number of rotatable bonds is 6. The molecular weight excluding hydrogens is 801 g/mol. The molecule has 0 spiro atoms. The van der Waals surface area contributed by atoms with Crippen LogP contribution in [0.5, 0.6) is 0 Å². The van der Waals surface area contributed by atoms with Gasteiger partial charge in [0.2, 0.25) is 0 Å². The summed E-state index contributed by atoms with van der Waals surface area (Å²) in [5.41, 5.74) is 16.4. The molecule has 4 nitrogen and oxygen atoms in total. The van der Waals surface area contributed by atoms with Gasteiger partial charge in [0.1, 0.15) is 0 Å². The summed E-state index contributed by atoms with van der Waals surface area (Å²) in [4.78, 5) is 15.4. The number of hydrogen-bond acceptors (Lipinski definition) is 3. The molecule has 0 unspecified atom stereocenters. The summed E-state index contributed by atoms with van der Waals surface area (Å²) in [6, 6.07) is 78.7. The molecule has 0 fully saturated rings. The number of fused-ring (bicyclic) bond motifs is 8. The van der Waals surface area contributed by atoms with Crippen molar-refractivity contribution < 1.29 is 0 Å². The first kappa shape index (κ1) is 38.0. The highest BCUT2D eigenvalue weighted by molar-refractivity contribution is 6.14. The van der Waals surface area contributed by atoms with Crippen molar-refractivity contribution in [3.63, 3.8) is 0 Å². The minimum Gasteiger partial charge on any atom is -0.309 e. The summed E-state index contributed by atoms with van der Waals surface area (Å²) in [5, 5.41) is 7.07. The van der Waals surface area contributed by atoms with Crippen LogP contribution < -0.4 is 0 Å². The van der Waals surface area contributed by atoms with Crippen LogP contribution in [0.15, 0.2) is 218 Å². The van der Waals surface area contributed by atoms with Crippen molar-refractivity contribution in [1.29, 1.82) is 0 Å². The lowest BCUT2D eigenvalue weighted by molar-refractivity contribution is 0.660. The van der Waals surface area contributed by atoms with E-state index in [9.17, 15) is 0 Å². The quantitative estimate of drug-likeness (QED) is 0.167. The molecule has 0 radical (unpaired) electrons. The van der Waals surface area contributed by atoms with Gasteiger partial charge in [0, 0.05) is 44.1 Å². The van der Waals surface area contributed by atoms with Gasteiger partial charge in [-0.3, -0.25) is 0 Å². The molecule has 0 amide bonds. The summed E-state index contributed by atoms with van der Waals surface area (Å²) in [6.45, 7) is 4.70. The highest BCUT2D eigenvalue weighted by Crippen LogP contribution is 2.50. The third-order valence-corrected chi connectivity index (χ3v) is 13.8. The molecule has 0 saturated heterocycles. The van der Waals surface area contributed by atoms with Gasteiger partial charge in [0.15, 0.2) is 17.5 Å². The van der Waals surface area contributed by atoms with Crippen LogP contribution in [0.4, 0.5) is 0 Å². The molecule has 2 heterocycles. The summed E-state index contributed by atoms with van der Waals surface area (Å²) in [7, 11) is 0. The van der Waals surface area contributed by atoms with Crippen molar-refractivity contribution in [2.24, 2.45) is 0 Å². The van der Waals surface area contributed by atoms with Gasteiger partial charge in [-0.25, -0.2) is 15.0 Å². The Morgan fingerprint density at radius 2 is 0.848 bits per heavy atom. The second-order valence-electron chi connectivity index (χ2n) is 18.0. The van der Waals surface area contributed by atoms with E-state index in [1.54, 1.807) is 0 Å². The third-order valence-electron chi connectivity index (χ3n) is 13.8. The van der Waals surface area contributed by atoms with E-state index in [1.807, 2.05) is 0 Å². The first-order chi connectivity index (χ1) is 32.4. The van der Waals surface area contributed by atoms with Crippen molar-refractivity contribution in [3.05, 3.63) is 230 Å². The van der Waals surface area contributed by atoms with E-state index in [4.69, 9.17) is 15.0 Å². The molecule has 0 saturated carbocycles. The van der Waals surface area contributed by atoms with Crippen molar-refractivity contribution >= 4 is 43.4 Å². The molecule has 13 rings (SSSR count). The highest BCUT2D eigenvalue weighted by Gasteiger charge is 2.35. The lowest BCUT2D eigenvalue weighted by Gasteiger charge is -2.22. The average molecular weight is 843 g/mol. The Labute approximate surface area is 383 Å². The monoisotopic (exact) mass is 842 g/mol. The largest absolute Gasteiger partial charge is 0.309 e. The van der Waals surface area contributed by atoms with Crippen LogP contribution in [0.2, 0.25) is 0 Å². The standard InChI is InChI=1S/C62H42N4/c1-62(2)55-23-9-7-19-51(55)52-34-31-45(38-56(52)62)44-17-11-18-46(35-44)50-21-12-22-54-53-20-8-10-24-57(53)66(58(50)54)49-32-29-41(30-33-49)59-63-60(47-27-25-39-13-3-5-15-42(39)36-47)65-61(64-59)48-28-26-40-14-4-6-16-43(40)37-48/h3-38H,1-2H3. The van der Waals surface area contributed by atoms with E-state index in [-0.39, 0.29) is 5.41 Å². The van der Waals surface area contributed by atoms with E-state index >= 15 is 0 Å². The zero-order valence-corrected chi connectivity index (χ0v) is 36.6. The van der Waals surface area contributed by atoms with Crippen LogP contribution in [0.3, 0.4) is 0 Å². The third kappa shape index (κ3) is 6.10. The van der Waals surface area contributed by atoms with Gasteiger partial charge in [0.25, 0.3) is 0 Å². The van der Waals surface area contributed by atoms with E-state index in [0.717, 1.165) is 38.7 Å². The zero-order chi connectivity index (χ0) is 43.9. The molecule has 2 aromatic heterocycles. The Morgan fingerprint density at radius 3 is 1.58 bits per heavy atom. The summed E-state index contributed by atoms with van der Waals surface area (Å²) in [6.07, 6.45) is 0. The van der Waals surface area contributed by atoms with Crippen molar-refractivity contribution in [2.75, 3.05) is 0 Å². The van der Waals surface area contributed by atoms with Crippen molar-refractivity contribution in [3.8, 4) is 73.2 Å². The van der Waals surface area contributed by atoms with Gasteiger partial charge in [0.05, 0.1) is 11.0 Å². The number of benzene rings is 10. The minimum absolute atomic E-state index is 0.0653. The van der Waals surface area contributed by atoms with Crippen LogP contribution in [-0.2, 0) is 5.41 Å². The van der Waals surface area contributed by atoms with Gasteiger partial charge in [-0.15, -0.1) is 0 Å². The molecule has 0 N–H and O–H groups in total. The molecule has 10 aromatic carbocycles. The molecule has 1 aliphatic carbocycles.